The van der Waals surface area contributed by atoms with Crippen molar-refractivity contribution in [3.8, 4) is 0 Å². The van der Waals surface area contributed by atoms with E-state index in [9.17, 15) is 9.90 Å². The van der Waals surface area contributed by atoms with Crippen molar-refractivity contribution in [2.24, 2.45) is 0 Å². The number of nitrogens with one attached hydrogen (secondary N) is 1. The Morgan fingerprint density at radius 1 is 1.45 bits per heavy atom. The van der Waals surface area contributed by atoms with Crippen LogP contribution in [0.15, 0.2) is 11.7 Å². The molecular weight excluding hydrogens is 278 g/mol. The summed E-state index contributed by atoms with van der Waals surface area (Å²) in [5.74, 6) is 0. The zero-order valence-electron chi connectivity index (χ0n) is 11.2. The van der Waals surface area contributed by atoms with Crippen molar-refractivity contribution in [3.05, 3.63) is 16.6 Å². The summed E-state index contributed by atoms with van der Waals surface area (Å²) in [5.41, 5.74) is 1.05. The lowest BCUT2D eigenvalue weighted by molar-refractivity contribution is -0.0375. The molecule has 0 unspecified atom stereocenters. The third kappa shape index (κ3) is 2.65. The van der Waals surface area contributed by atoms with E-state index in [1.54, 1.807) is 11.7 Å². The van der Waals surface area contributed by atoms with E-state index < -0.39 is 11.7 Å². The minimum Gasteiger partial charge on any atom is -0.465 e. The molecule has 1 saturated heterocycles. The van der Waals surface area contributed by atoms with Gasteiger partial charge < -0.3 is 15.5 Å². The van der Waals surface area contributed by atoms with Gasteiger partial charge >= 0.3 is 6.09 Å². The molecule has 0 aromatic carbocycles. The van der Waals surface area contributed by atoms with Gasteiger partial charge in [0.1, 0.15) is 5.60 Å². The molecule has 2 fully saturated rings. The second-order valence-electron chi connectivity index (χ2n) is 5.73. The van der Waals surface area contributed by atoms with E-state index in [0.29, 0.717) is 6.04 Å². The van der Waals surface area contributed by atoms with Gasteiger partial charge in [-0.25, -0.2) is 4.79 Å². The molecule has 1 aliphatic carbocycles. The number of hydrogen-bond donors (Lipinski definition) is 3. The summed E-state index contributed by atoms with van der Waals surface area (Å²) in [7, 11) is 0. The van der Waals surface area contributed by atoms with E-state index in [2.05, 4.69) is 15.2 Å². The molecule has 2 aliphatic rings. The van der Waals surface area contributed by atoms with Crippen molar-refractivity contribution in [1.29, 1.82) is 0 Å². The smallest absolute Gasteiger partial charge is 0.404 e. The zero-order valence-corrected chi connectivity index (χ0v) is 12.0. The van der Waals surface area contributed by atoms with Crippen LogP contribution in [0.2, 0.25) is 0 Å². The molecule has 7 heteroatoms. The summed E-state index contributed by atoms with van der Waals surface area (Å²) >= 11 is 1.51. The second kappa shape index (κ2) is 5.31. The fourth-order valence-corrected chi connectivity index (χ4v) is 3.99. The maximum atomic E-state index is 10.7. The zero-order chi connectivity index (χ0) is 14.2. The molecular formula is C13H19N3O3S. The Hall–Kier alpha value is -1.18. The Morgan fingerprint density at radius 3 is 2.70 bits per heavy atom. The lowest BCUT2D eigenvalue weighted by Gasteiger charge is -2.47. The Morgan fingerprint density at radius 2 is 2.15 bits per heavy atom. The number of carbonyl (C=O) groups is 1. The molecule has 1 aromatic heterocycles. The molecule has 0 spiro atoms. The third-order valence-corrected chi connectivity index (χ3v) is 5.39. The van der Waals surface area contributed by atoms with Crippen LogP contribution in [-0.2, 0) is 5.60 Å². The lowest BCUT2D eigenvalue weighted by atomic mass is 9.80. The first-order valence-electron chi connectivity index (χ1n) is 6.92. The average Bonchev–Trinajstić information content (AvgIpc) is 2.89. The number of carboxylic acid groups (broad SMARTS) is 1. The van der Waals surface area contributed by atoms with Gasteiger partial charge in [0, 0.05) is 25.3 Å². The molecule has 1 aliphatic heterocycles. The van der Waals surface area contributed by atoms with Gasteiger partial charge in [-0.3, -0.25) is 9.88 Å². The summed E-state index contributed by atoms with van der Waals surface area (Å²) in [5, 5.41) is 21.8. The first-order chi connectivity index (χ1) is 9.57. The monoisotopic (exact) mass is 297 g/mol. The van der Waals surface area contributed by atoms with Crippen LogP contribution in [0.1, 0.15) is 30.6 Å². The minimum absolute atomic E-state index is 0.0646. The molecule has 3 rings (SSSR count). The van der Waals surface area contributed by atoms with E-state index in [0.717, 1.165) is 43.6 Å². The van der Waals surface area contributed by atoms with Crippen LogP contribution in [0.3, 0.4) is 0 Å². The molecule has 0 bridgehead atoms. The van der Waals surface area contributed by atoms with E-state index in [4.69, 9.17) is 5.11 Å². The molecule has 3 N–H and O–H groups in total. The van der Waals surface area contributed by atoms with Crippen molar-refractivity contribution < 1.29 is 15.0 Å². The predicted molar refractivity (Wildman–Crippen MR) is 74.8 cm³/mol. The van der Waals surface area contributed by atoms with Crippen LogP contribution in [-0.4, -0.2) is 51.4 Å². The number of nitrogens with zero attached hydrogens (tertiary/aromatic N) is 2. The first kappa shape index (κ1) is 13.8. The predicted octanol–water partition coefficient (Wildman–Crippen LogP) is 1.23. The van der Waals surface area contributed by atoms with E-state index in [-0.39, 0.29) is 6.04 Å². The van der Waals surface area contributed by atoms with Crippen LogP contribution in [0.5, 0.6) is 0 Å². The highest BCUT2D eigenvalue weighted by Crippen LogP contribution is 2.40. The van der Waals surface area contributed by atoms with Gasteiger partial charge in [-0.05, 0) is 25.7 Å². The quantitative estimate of drug-likeness (QED) is 0.781. The Bertz CT molecular complexity index is 465. The molecule has 1 saturated carbocycles. The van der Waals surface area contributed by atoms with Crippen LogP contribution >= 0.6 is 11.3 Å². The normalized spacial score (nSPS) is 31.8. The van der Waals surface area contributed by atoms with Gasteiger partial charge in [0.05, 0.1) is 16.4 Å². The second-order valence-corrected chi connectivity index (χ2v) is 6.62. The standard InChI is InChI=1S/C13H19N3O3S/c17-12(18)15-9-6-16(7-9)10-1-3-13(19,4-2-10)11-5-14-8-20-11/h5,8-10,15,19H,1-4,6-7H2,(H,17,18). The number of thiazole rings is 1. The van der Waals surface area contributed by atoms with Crippen molar-refractivity contribution in [2.45, 2.75) is 43.4 Å². The third-order valence-electron chi connectivity index (χ3n) is 4.43. The molecule has 1 aromatic rings. The highest BCUT2D eigenvalue weighted by atomic mass is 32.1. The number of likely N-dealkylation sites (tertiary alicyclic amines) is 1. The fourth-order valence-electron chi connectivity index (χ4n) is 3.21. The van der Waals surface area contributed by atoms with Crippen molar-refractivity contribution in [2.75, 3.05) is 13.1 Å². The van der Waals surface area contributed by atoms with E-state index in [1.807, 2.05) is 0 Å². The summed E-state index contributed by atoms with van der Waals surface area (Å²) in [4.78, 5) is 17.9. The topological polar surface area (TPSA) is 85.7 Å². The number of aromatic nitrogens is 1. The number of aliphatic hydroxyl groups is 1. The van der Waals surface area contributed by atoms with Crippen molar-refractivity contribution >= 4 is 17.4 Å². The average molecular weight is 297 g/mol. The van der Waals surface area contributed by atoms with Gasteiger partial charge in [0.2, 0.25) is 0 Å². The van der Waals surface area contributed by atoms with Crippen molar-refractivity contribution in [3.63, 3.8) is 0 Å². The highest BCUT2D eigenvalue weighted by Gasteiger charge is 2.40. The fraction of sp³-hybridized carbons (Fsp3) is 0.692. The van der Waals surface area contributed by atoms with Gasteiger partial charge in [-0.2, -0.15) is 0 Å². The van der Waals surface area contributed by atoms with Crippen LogP contribution < -0.4 is 5.32 Å². The molecule has 20 heavy (non-hydrogen) atoms. The van der Waals surface area contributed by atoms with Crippen LogP contribution in [0.4, 0.5) is 4.79 Å². The molecule has 110 valence electrons. The van der Waals surface area contributed by atoms with Crippen LogP contribution in [0.25, 0.3) is 0 Å². The van der Waals surface area contributed by atoms with Gasteiger partial charge in [0.15, 0.2) is 0 Å². The number of rotatable bonds is 3. The van der Waals surface area contributed by atoms with Crippen molar-refractivity contribution in [1.82, 2.24) is 15.2 Å². The number of hydrogen-bond acceptors (Lipinski definition) is 5. The Kier molecular flexibility index (Phi) is 3.66. The largest absolute Gasteiger partial charge is 0.465 e. The first-order valence-corrected chi connectivity index (χ1v) is 7.80. The van der Waals surface area contributed by atoms with E-state index >= 15 is 0 Å². The molecule has 1 amide bonds. The molecule has 0 radical (unpaired) electrons. The Labute approximate surface area is 121 Å². The number of amides is 1. The molecule has 0 atom stereocenters. The van der Waals surface area contributed by atoms with Gasteiger partial charge in [-0.1, -0.05) is 0 Å². The lowest BCUT2D eigenvalue weighted by Crippen LogP contribution is -2.62. The summed E-state index contributed by atoms with van der Waals surface area (Å²) in [6.07, 6.45) is 4.24. The molecule has 6 nitrogen and oxygen atoms in total. The maximum absolute atomic E-state index is 10.7. The summed E-state index contributed by atoms with van der Waals surface area (Å²) in [6.45, 7) is 1.58. The Balaban J connectivity index is 1.49. The van der Waals surface area contributed by atoms with Gasteiger partial charge in [0.25, 0.3) is 0 Å². The highest BCUT2D eigenvalue weighted by molar-refractivity contribution is 7.09. The minimum atomic E-state index is -0.946. The van der Waals surface area contributed by atoms with E-state index in [1.165, 1.54) is 11.3 Å². The van der Waals surface area contributed by atoms with Crippen LogP contribution in [0, 0.1) is 0 Å². The summed E-state index contributed by atoms with van der Waals surface area (Å²) < 4.78 is 0. The van der Waals surface area contributed by atoms with Gasteiger partial charge in [-0.15, -0.1) is 11.3 Å². The SMILES string of the molecule is O=C(O)NC1CN(C2CCC(O)(c3cncs3)CC2)C1. The summed E-state index contributed by atoms with van der Waals surface area (Å²) in [6, 6.07) is 0.532. The maximum Gasteiger partial charge on any atom is 0.404 e. The molecule has 2 heterocycles.